The Labute approximate surface area is 173 Å². The van der Waals surface area contributed by atoms with Crippen LogP contribution in [0.1, 0.15) is 31.9 Å². The van der Waals surface area contributed by atoms with Gasteiger partial charge >= 0.3 is 11.9 Å². The van der Waals surface area contributed by atoms with E-state index < -0.39 is 17.5 Å². The van der Waals surface area contributed by atoms with Crippen molar-refractivity contribution in [3.05, 3.63) is 30.4 Å². The van der Waals surface area contributed by atoms with Crippen LogP contribution in [0.2, 0.25) is 0 Å². The zero-order valence-electron chi connectivity index (χ0n) is 14.2. The molecule has 0 aromatic heterocycles. The first-order valence-corrected chi connectivity index (χ1v) is 10.0. The first-order chi connectivity index (χ1) is 11.8. The van der Waals surface area contributed by atoms with E-state index in [-0.39, 0.29) is 32.1 Å². The van der Waals surface area contributed by atoms with E-state index in [1.807, 2.05) is 12.1 Å². The highest BCUT2D eigenvalue weighted by molar-refractivity contribution is 14.1. The smallest absolute Gasteiger partial charge is 0.344 e. The number of fused-ring (bicyclic) bond motifs is 1. The van der Waals surface area contributed by atoms with Gasteiger partial charge in [-0.2, -0.15) is 0 Å². The zero-order valence-corrected chi connectivity index (χ0v) is 18.5. The molecule has 136 valence electrons. The number of amides is 1. The molecule has 8 heteroatoms. The van der Waals surface area contributed by atoms with Crippen LogP contribution in [0.25, 0.3) is 0 Å². The molecule has 1 amide bonds. The summed E-state index contributed by atoms with van der Waals surface area (Å²) in [6.45, 7) is 5.06. The number of rotatable bonds is 4. The van der Waals surface area contributed by atoms with Crippen LogP contribution in [-0.2, 0) is 36.8 Å². The summed E-state index contributed by atoms with van der Waals surface area (Å²) in [6.07, 6.45) is 0.0481. The average molecular weight is 571 g/mol. The molecule has 6 nitrogen and oxygen atoms in total. The lowest BCUT2D eigenvalue weighted by atomic mass is 9.82. The molecule has 0 aliphatic carbocycles. The van der Waals surface area contributed by atoms with E-state index in [1.54, 1.807) is 13.8 Å². The number of benzene rings is 1. The first kappa shape index (κ1) is 20.4. The third kappa shape index (κ3) is 3.79. The second-order valence-electron chi connectivity index (χ2n) is 5.62. The molecule has 0 radical (unpaired) electrons. The largest absolute Gasteiger partial charge is 0.464 e. The van der Waals surface area contributed by atoms with Crippen molar-refractivity contribution < 1.29 is 23.9 Å². The predicted octanol–water partition coefficient (Wildman–Crippen LogP) is 2.67. The van der Waals surface area contributed by atoms with E-state index in [9.17, 15) is 14.4 Å². The molecule has 1 aliphatic rings. The maximum atomic E-state index is 12.8. The minimum absolute atomic E-state index is 0.0481. The monoisotopic (exact) mass is 571 g/mol. The van der Waals surface area contributed by atoms with Gasteiger partial charge in [0.2, 0.25) is 11.4 Å². The third-order valence-electron chi connectivity index (χ3n) is 4.08. The molecule has 0 saturated heterocycles. The molecule has 0 atom stereocenters. The van der Waals surface area contributed by atoms with Crippen molar-refractivity contribution in [3.8, 4) is 0 Å². The number of carbonyl (C=O) groups excluding carboxylic acids is 3. The van der Waals surface area contributed by atoms with Crippen molar-refractivity contribution in [1.82, 2.24) is 4.90 Å². The average Bonchev–Trinajstić information content (AvgIpc) is 2.55. The fourth-order valence-electron chi connectivity index (χ4n) is 2.95. The Bertz CT molecular complexity index is 701. The van der Waals surface area contributed by atoms with Gasteiger partial charge in [0, 0.05) is 27.0 Å². The molecule has 1 aromatic rings. The molecule has 0 fully saturated rings. The number of esters is 2. The Morgan fingerprint density at radius 2 is 1.52 bits per heavy atom. The molecule has 1 heterocycles. The quantitative estimate of drug-likeness (QED) is 0.316. The van der Waals surface area contributed by atoms with E-state index >= 15 is 0 Å². The molecule has 0 unspecified atom stereocenters. The minimum atomic E-state index is -1.78. The van der Waals surface area contributed by atoms with Crippen LogP contribution in [0.4, 0.5) is 0 Å². The molecule has 25 heavy (non-hydrogen) atoms. The van der Waals surface area contributed by atoms with Gasteiger partial charge in [-0.1, -0.05) is 0 Å². The van der Waals surface area contributed by atoms with Gasteiger partial charge in [0.15, 0.2) is 0 Å². The van der Waals surface area contributed by atoms with Crippen LogP contribution in [-0.4, -0.2) is 41.5 Å². The van der Waals surface area contributed by atoms with Crippen molar-refractivity contribution in [1.29, 1.82) is 0 Å². The molecule has 1 aliphatic heterocycles. The fourth-order valence-corrected chi connectivity index (χ4v) is 4.01. The summed E-state index contributed by atoms with van der Waals surface area (Å²) in [6, 6.07) is 3.93. The van der Waals surface area contributed by atoms with E-state index in [1.165, 1.54) is 11.8 Å². The Morgan fingerprint density at radius 1 is 1.04 bits per heavy atom. The topological polar surface area (TPSA) is 72.9 Å². The molecule has 0 bridgehead atoms. The van der Waals surface area contributed by atoms with Gasteiger partial charge < -0.3 is 14.4 Å². The van der Waals surface area contributed by atoms with Crippen molar-refractivity contribution >= 4 is 63.0 Å². The lowest BCUT2D eigenvalue weighted by Crippen LogP contribution is -2.65. The highest BCUT2D eigenvalue weighted by atomic mass is 127. The summed E-state index contributed by atoms with van der Waals surface area (Å²) in [5.74, 6) is -1.87. The molecular formula is C17H19I2NO5. The number of hydrogen-bond donors (Lipinski definition) is 0. The molecule has 2 rings (SSSR count). The minimum Gasteiger partial charge on any atom is -0.464 e. The number of nitrogens with zero attached hydrogens (tertiary/aromatic N) is 1. The molecule has 0 spiro atoms. The maximum absolute atomic E-state index is 12.8. The van der Waals surface area contributed by atoms with Crippen LogP contribution < -0.4 is 0 Å². The van der Waals surface area contributed by atoms with E-state index in [2.05, 4.69) is 45.2 Å². The number of hydrogen-bond acceptors (Lipinski definition) is 5. The van der Waals surface area contributed by atoms with Gasteiger partial charge in [-0.05, 0) is 82.3 Å². The Morgan fingerprint density at radius 3 is 1.96 bits per heavy atom. The van der Waals surface area contributed by atoms with E-state index in [0.29, 0.717) is 0 Å². The molecule has 0 saturated carbocycles. The molecule has 0 N–H and O–H groups in total. The van der Waals surface area contributed by atoms with Gasteiger partial charge in [0.05, 0.1) is 13.2 Å². The number of carbonyl (C=O) groups is 3. The summed E-state index contributed by atoms with van der Waals surface area (Å²) in [5, 5.41) is 0. The zero-order chi connectivity index (χ0) is 18.8. The van der Waals surface area contributed by atoms with Crippen LogP contribution in [0.3, 0.4) is 0 Å². The summed E-state index contributed by atoms with van der Waals surface area (Å²) >= 11 is 4.43. The Kier molecular flexibility index (Phi) is 6.68. The summed E-state index contributed by atoms with van der Waals surface area (Å²) in [7, 11) is 0. The van der Waals surface area contributed by atoms with Crippen molar-refractivity contribution in [2.45, 2.75) is 39.3 Å². The highest BCUT2D eigenvalue weighted by Crippen LogP contribution is 2.35. The fraction of sp³-hybridized carbons (Fsp3) is 0.471. The van der Waals surface area contributed by atoms with Crippen molar-refractivity contribution in [3.63, 3.8) is 0 Å². The summed E-state index contributed by atoms with van der Waals surface area (Å²) < 4.78 is 12.4. The van der Waals surface area contributed by atoms with Crippen LogP contribution in [0.15, 0.2) is 12.1 Å². The Hall–Kier alpha value is -0.910. The standard InChI is InChI=1S/C17H19I2NO5/c1-4-24-15(22)17(16(23)25-5-2)8-11-6-13(18)14(19)7-12(11)9-20(17)10(3)21/h6-7H,4-5,8-9H2,1-3H3. The SMILES string of the molecule is CCOC(=O)C1(C(=O)OCC)Cc2cc(I)c(I)cc2CN1C(C)=O. The number of halogens is 2. The predicted molar refractivity (Wildman–Crippen MR) is 108 cm³/mol. The lowest BCUT2D eigenvalue weighted by Gasteiger charge is -2.43. The second kappa shape index (κ2) is 8.19. The molecule has 1 aromatic carbocycles. The summed E-state index contributed by atoms with van der Waals surface area (Å²) in [4.78, 5) is 39.2. The molecular weight excluding hydrogens is 552 g/mol. The van der Waals surface area contributed by atoms with Crippen molar-refractivity contribution in [2.75, 3.05) is 13.2 Å². The van der Waals surface area contributed by atoms with E-state index in [0.717, 1.165) is 18.3 Å². The second-order valence-corrected chi connectivity index (χ2v) is 7.94. The van der Waals surface area contributed by atoms with Gasteiger partial charge in [-0.25, -0.2) is 9.59 Å². The summed E-state index contributed by atoms with van der Waals surface area (Å²) in [5.41, 5.74) is -0.00608. The number of ether oxygens (including phenoxy) is 2. The van der Waals surface area contributed by atoms with Gasteiger partial charge in [-0.15, -0.1) is 0 Å². The van der Waals surface area contributed by atoms with Crippen molar-refractivity contribution in [2.24, 2.45) is 0 Å². The first-order valence-electron chi connectivity index (χ1n) is 7.87. The highest BCUT2D eigenvalue weighted by Gasteiger charge is 2.57. The normalized spacial score (nSPS) is 15.3. The Balaban J connectivity index is 2.64. The lowest BCUT2D eigenvalue weighted by molar-refractivity contribution is -0.180. The van der Waals surface area contributed by atoms with Gasteiger partial charge in [-0.3, -0.25) is 4.79 Å². The van der Waals surface area contributed by atoms with Crippen LogP contribution in [0, 0.1) is 7.14 Å². The maximum Gasteiger partial charge on any atom is 0.344 e. The van der Waals surface area contributed by atoms with Crippen LogP contribution in [0.5, 0.6) is 0 Å². The van der Waals surface area contributed by atoms with E-state index in [4.69, 9.17) is 9.47 Å². The van der Waals surface area contributed by atoms with Gasteiger partial charge in [0.1, 0.15) is 0 Å². The van der Waals surface area contributed by atoms with Gasteiger partial charge in [0.25, 0.3) is 0 Å². The van der Waals surface area contributed by atoms with Crippen LogP contribution >= 0.6 is 45.2 Å². The third-order valence-corrected chi connectivity index (χ3v) is 6.90.